The zero-order chi connectivity index (χ0) is 32.2. The first-order valence-corrected chi connectivity index (χ1v) is 15.5. The molecule has 46 heavy (non-hydrogen) atoms. The van der Waals surface area contributed by atoms with E-state index in [1.165, 1.54) is 6.20 Å². The number of nitrogens with one attached hydrogen (secondary N) is 1. The lowest BCUT2D eigenvalue weighted by molar-refractivity contribution is 0.301. The smallest absolute Gasteiger partial charge is 0.225 e. The summed E-state index contributed by atoms with van der Waals surface area (Å²) in [5.74, 6) is 2.06. The number of H-pyrrole nitrogens is 1. The molecule has 0 aliphatic carbocycles. The second-order valence-corrected chi connectivity index (χ2v) is 11.6. The summed E-state index contributed by atoms with van der Waals surface area (Å²) in [7, 11) is 3.28. The summed E-state index contributed by atoms with van der Waals surface area (Å²) in [5, 5.41) is 18.1. The van der Waals surface area contributed by atoms with Crippen LogP contribution in [0.2, 0.25) is 5.28 Å². The van der Waals surface area contributed by atoms with E-state index in [9.17, 15) is 5.11 Å². The van der Waals surface area contributed by atoms with Crippen molar-refractivity contribution in [3.05, 3.63) is 105 Å². The van der Waals surface area contributed by atoms with Crippen molar-refractivity contribution >= 4 is 61.0 Å². The molecule has 3 aromatic heterocycles. The van der Waals surface area contributed by atoms with Crippen LogP contribution >= 0.6 is 27.5 Å². The van der Waals surface area contributed by atoms with E-state index in [4.69, 9.17) is 26.1 Å². The minimum atomic E-state index is -0.578. The number of methoxy groups -OCH3 is 2. The maximum absolute atomic E-state index is 15.6. The van der Waals surface area contributed by atoms with Gasteiger partial charge >= 0.3 is 0 Å². The molecule has 6 aromatic rings. The Kier molecular flexibility index (Phi) is 9.48. The summed E-state index contributed by atoms with van der Waals surface area (Å²) < 4.78 is 26.5. The average molecular weight is 707 g/mol. The summed E-state index contributed by atoms with van der Waals surface area (Å²) in [6.07, 6.45) is 3.29. The van der Waals surface area contributed by atoms with Crippen LogP contribution in [0.25, 0.3) is 21.8 Å². The monoisotopic (exact) mass is 705 g/mol. The van der Waals surface area contributed by atoms with Gasteiger partial charge in [0, 0.05) is 43.3 Å². The number of rotatable bonds is 12. The molecule has 3 heterocycles. The number of aromatic nitrogens is 5. The first-order valence-electron chi connectivity index (χ1n) is 14.4. The van der Waals surface area contributed by atoms with Crippen LogP contribution in [-0.2, 0) is 19.6 Å². The number of ether oxygens (including phenoxy) is 2. The number of benzene rings is 3. The molecule has 6 rings (SSSR count). The minimum Gasteiger partial charge on any atom is -0.497 e. The van der Waals surface area contributed by atoms with Crippen molar-refractivity contribution in [3.8, 4) is 11.5 Å². The molecular weight excluding hydrogens is 677 g/mol. The van der Waals surface area contributed by atoms with Crippen molar-refractivity contribution in [3.63, 3.8) is 0 Å². The highest BCUT2D eigenvalue weighted by Gasteiger charge is 2.24. The number of aromatic amines is 1. The van der Waals surface area contributed by atoms with Gasteiger partial charge in [-0.25, -0.2) is 14.4 Å². The highest BCUT2D eigenvalue weighted by atomic mass is 79.9. The molecule has 0 aliphatic rings. The molecule has 0 spiro atoms. The van der Waals surface area contributed by atoms with Crippen molar-refractivity contribution in [2.45, 2.75) is 19.6 Å². The van der Waals surface area contributed by atoms with E-state index in [1.807, 2.05) is 65.6 Å². The predicted octanol–water partition coefficient (Wildman–Crippen LogP) is 6.68. The summed E-state index contributed by atoms with van der Waals surface area (Å²) >= 11 is 9.70. The normalized spacial score (nSPS) is 11.3. The fourth-order valence-electron chi connectivity index (χ4n) is 5.44. The molecule has 0 fully saturated rings. The maximum atomic E-state index is 15.6. The van der Waals surface area contributed by atoms with Gasteiger partial charge in [0.2, 0.25) is 5.28 Å². The molecular formula is C33H30BrClFN7O3. The molecule has 2 N–H and O–H groups in total. The van der Waals surface area contributed by atoms with Crippen molar-refractivity contribution in [2.24, 2.45) is 0 Å². The van der Waals surface area contributed by atoms with Crippen LogP contribution < -0.4 is 19.3 Å². The third-order valence-electron chi connectivity index (χ3n) is 7.65. The van der Waals surface area contributed by atoms with Gasteiger partial charge in [-0.3, -0.25) is 5.10 Å². The molecule has 0 radical (unpaired) electrons. The lowest BCUT2D eigenvalue weighted by Gasteiger charge is -2.30. The highest BCUT2D eigenvalue weighted by Crippen LogP contribution is 2.38. The fourth-order valence-corrected chi connectivity index (χ4v) is 6.09. The van der Waals surface area contributed by atoms with Gasteiger partial charge in [-0.15, -0.1) is 0 Å². The lowest BCUT2D eigenvalue weighted by Crippen LogP contribution is -2.30. The van der Waals surface area contributed by atoms with Gasteiger partial charge in [0.1, 0.15) is 28.7 Å². The van der Waals surface area contributed by atoms with Gasteiger partial charge in [-0.05, 0) is 69.0 Å². The van der Waals surface area contributed by atoms with Gasteiger partial charge in [-0.1, -0.05) is 30.3 Å². The van der Waals surface area contributed by atoms with Gasteiger partial charge in [0.25, 0.3) is 0 Å². The molecule has 0 bridgehead atoms. The van der Waals surface area contributed by atoms with Crippen LogP contribution in [0.3, 0.4) is 0 Å². The van der Waals surface area contributed by atoms with Crippen molar-refractivity contribution in [1.29, 1.82) is 0 Å². The predicted molar refractivity (Wildman–Crippen MR) is 180 cm³/mol. The molecule has 0 atom stereocenters. The Labute approximate surface area is 277 Å². The van der Waals surface area contributed by atoms with Gasteiger partial charge < -0.3 is 24.4 Å². The Morgan fingerprint density at radius 3 is 2.15 bits per heavy atom. The SMILES string of the molecule is COc1ccc(CN(Cc2ccc(OC)cc2)c2ncccc2CN(CCO)c2nc(Cl)nc3c(F)c(Br)c4cn[nH]c4c23)cc1. The Balaban J connectivity index is 1.43. The number of nitrogens with zero attached hydrogens (tertiary/aromatic N) is 6. The first kappa shape index (κ1) is 31.5. The topological polar surface area (TPSA) is 113 Å². The Hall–Kier alpha value is -4.52. The van der Waals surface area contributed by atoms with Crippen LogP contribution in [0.1, 0.15) is 16.7 Å². The van der Waals surface area contributed by atoms with Crippen LogP contribution in [0.5, 0.6) is 11.5 Å². The number of hydrogen-bond acceptors (Lipinski definition) is 9. The van der Waals surface area contributed by atoms with Crippen LogP contribution in [0, 0.1) is 5.82 Å². The Morgan fingerprint density at radius 2 is 1.54 bits per heavy atom. The van der Waals surface area contributed by atoms with Crippen molar-refractivity contribution < 1.29 is 19.0 Å². The number of halogens is 3. The van der Waals surface area contributed by atoms with Gasteiger partial charge in [0.15, 0.2) is 5.82 Å². The Morgan fingerprint density at radius 1 is 0.891 bits per heavy atom. The van der Waals surface area contributed by atoms with E-state index in [-0.39, 0.29) is 35.0 Å². The number of aliphatic hydroxyl groups excluding tert-OH is 1. The summed E-state index contributed by atoms with van der Waals surface area (Å²) in [6, 6.07) is 19.7. The largest absolute Gasteiger partial charge is 0.497 e. The zero-order valence-electron chi connectivity index (χ0n) is 25.0. The summed E-state index contributed by atoms with van der Waals surface area (Å²) in [4.78, 5) is 17.6. The molecule has 0 amide bonds. The average Bonchev–Trinajstić information content (AvgIpc) is 3.57. The molecule has 13 heteroatoms. The third kappa shape index (κ3) is 6.41. The Bertz CT molecular complexity index is 1930. The van der Waals surface area contributed by atoms with Crippen LogP contribution in [0.4, 0.5) is 16.0 Å². The number of aliphatic hydroxyl groups is 1. The van der Waals surface area contributed by atoms with Gasteiger partial charge in [0.05, 0.1) is 42.4 Å². The van der Waals surface area contributed by atoms with E-state index in [1.54, 1.807) is 20.4 Å². The second-order valence-electron chi connectivity index (χ2n) is 10.5. The molecule has 0 saturated heterocycles. The summed E-state index contributed by atoms with van der Waals surface area (Å²) in [5.41, 5.74) is 3.57. The molecule has 3 aromatic carbocycles. The van der Waals surface area contributed by atoms with E-state index in [0.29, 0.717) is 35.2 Å². The molecule has 10 nitrogen and oxygen atoms in total. The maximum Gasteiger partial charge on any atom is 0.225 e. The zero-order valence-corrected chi connectivity index (χ0v) is 27.4. The minimum absolute atomic E-state index is 0.0358. The van der Waals surface area contributed by atoms with E-state index < -0.39 is 5.82 Å². The third-order valence-corrected chi connectivity index (χ3v) is 8.60. The first-order chi connectivity index (χ1) is 22.4. The van der Waals surface area contributed by atoms with Crippen LogP contribution in [-0.4, -0.2) is 57.6 Å². The molecule has 0 unspecified atom stereocenters. The van der Waals surface area contributed by atoms with E-state index >= 15 is 4.39 Å². The van der Waals surface area contributed by atoms with Crippen molar-refractivity contribution in [1.82, 2.24) is 25.1 Å². The molecule has 0 saturated carbocycles. The molecule has 0 aliphatic heterocycles. The fraction of sp³-hybridized carbons (Fsp3) is 0.212. The number of anilines is 2. The quantitative estimate of drug-likeness (QED) is 0.135. The second kappa shape index (κ2) is 13.9. The van der Waals surface area contributed by atoms with Gasteiger partial charge in [-0.2, -0.15) is 10.1 Å². The van der Waals surface area contributed by atoms with Crippen LogP contribution in [0.15, 0.2) is 77.5 Å². The van der Waals surface area contributed by atoms with E-state index in [2.05, 4.69) is 41.0 Å². The lowest BCUT2D eigenvalue weighted by atomic mass is 10.1. The highest BCUT2D eigenvalue weighted by molar-refractivity contribution is 9.10. The standard InChI is InChI=1S/C33H30BrClFN7O3/c1-45-23-9-5-20(6-10-23)17-43(18-21-7-11-24(46-2)12-8-21)31-22(4-3-13-37-31)19-42(14-15-44)32-26-29-25(16-38-41-29)27(34)28(36)30(26)39-33(35)40-32/h3-13,16,44H,14-15,17-19H2,1-2H3,(H,38,41). The van der Waals surface area contributed by atoms with Crippen molar-refractivity contribution in [2.75, 3.05) is 37.2 Å². The molecule has 236 valence electrons. The summed E-state index contributed by atoms with van der Waals surface area (Å²) in [6.45, 7) is 1.38. The number of hydrogen-bond donors (Lipinski definition) is 2. The number of pyridine rings is 1. The number of fused-ring (bicyclic) bond motifs is 3. The van der Waals surface area contributed by atoms with E-state index in [0.717, 1.165) is 34.0 Å².